The molecule has 0 unspecified atom stereocenters. The predicted octanol–water partition coefficient (Wildman–Crippen LogP) is 3.37. The third kappa shape index (κ3) is 4.43. The number of benzene rings is 2. The van der Waals surface area contributed by atoms with Gasteiger partial charge >= 0.3 is 0 Å². The zero-order valence-electron chi connectivity index (χ0n) is 14.4. The van der Waals surface area contributed by atoms with E-state index in [0.717, 1.165) is 10.0 Å². The number of halogens is 1. The molecule has 0 bridgehead atoms. The molecule has 2 aromatic carbocycles. The zero-order valence-corrected chi connectivity index (χ0v) is 15.9. The molecule has 1 saturated heterocycles. The van der Waals surface area contributed by atoms with Gasteiger partial charge in [-0.15, -0.1) is 0 Å². The Morgan fingerprint density at radius 3 is 2.54 bits per heavy atom. The van der Waals surface area contributed by atoms with Crippen LogP contribution in [0.1, 0.15) is 28.8 Å². The molecule has 0 aliphatic carbocycles. The van der Waals surface area contributed by atoms with Crippen LogP contribution in [0.2, 0.25) is 0 Å². The van der Waals surface area contributed by atoms with Gasteiger partial charge in [0.05, 0.1) is 5.56 Å². The van der Waals surface area contributed by atoms with Gasteiger partial charge in [0.15, 0.2) is 0 Å². The molecule has 2 amide bonds. The molecule has 0 spiro atoms. The summed E-state index contributed by atoms with van der Waals surface area (Å²) < 4.78 is 6.89. The van der Waals surface area contributed by atoms with E-state index < -0.39 is 0 Å². The minimum atomic E-state index is -0.283. The second kappa shape index (κ2) is 8.36. The summed E-state index contributed by atoms with van der Waals surface area (Å²) in [6.45, 7) is 1.45. The van der Waals surface area contributed by atoms with Crippen LogP contribution in [0.25, 0.3) is 0 Å². The molecule has 0 saturated carbocycles. The van der Waals surface area contributed by atoms with Gasteiger partial charge in [-0.25, -0.2) is 0 Å². The van der Waals surface area contributed by atoms with Crippen LogP contribution in [0, 0.1) is 5.92 Å². The van der Waals surface area contributed by atoms with Crippen molar-refractivity contribution in [2.75, 3.05) is 13.1 Å². The number of amides is 2. The van der Waals surface area contributed by atoms with Crippen LogP contribution in [0.15, 0.2) is 53.0 Å². The number of carbonyl (C=O) groups excluding carboxylic acids is 2. The maximum atomic E-state index is 12.9. The van der Waals surface area contributed by atoms with Gasteiger partial charge in [-0.1, -0.05) is 40.2 Å². The second-order valence-corrected chi connectivity index (χ2v) is 7.30. The van der Waals surface area contributed by atoms with E-state index in [2.05, 4.69) is 15.9 Å². The largest absolute Gasteiger partial charge is 0.488 e. The van der Waals surface area contributed by atoms with E-state index in [0.29, 0.717) is 43.9 Å². The van der Waals surface area contributed by atoms with Crippen LogP contribution < -0.4 is 10.5 Å². The molecule has 0 radical (unpaired) electrons. The number of hydrogen-bond acceptors (Lipinski definition) is 3. The molecule has 1 heterocycles. The number of primary amides is 1. The van der Waals surface area contributed by atoms with Crippen LogP contribution in [-0.2, 0) is 11.4 Å². The Labute approximate surface area is 161 Å². The molecule has 3 rings (SSSR count). The standard InChI is InChI=1S/C20H21BrN2O3/c21-16-5-3-4-14(12-16)13-26-18-7-2-1-6-17(18)20(25)23-10-8-15(9-11-23)19(22)24/h1-7,12,15H,8-11,13H2,(H2,22,24). The average molecular weight is 417 g/mol. The molecular weight excluding hydrogens is 396 g/mol. The zero-order chi connectivity index (χ0) is 18.5. The van der Waals surface area contributed by atoms with Gasteiger partial charge in [-0.05, 0) is 42.7 Å². The SMILES string of the molecule is NC(=O)C1CCN(C(=O)c2ccccc2OCc2cccc(Br)c2)CC1. The number of nitrogens with two attached hydrogens (primary N) is 1. The number of piperidine rings is 1. The fourth-order valence-corrected chi connectivity index (χ4v) is 3.54. The summed E-state index contributed by atoms with van der Waals surface area (Å²) in [7, 11) is 0. The summed E-state index contributed by atoms with van der Waals surface area (Å²) >= 11 is 3.44. The Morgan fingerprint density at radius 2 is 1.85 bits per heavy atom. The Bertz CT molecular complexity index is 801. The number of ether oxygens (including phenoxy) is 1. The molecule has 0 aromatic heterocycles. The van der Waals surface area contributed by atoms with Gasteiger partial charge in [-0.2, -0.15) is 0 Å². The van der Waals surface area contributed by atoms with Crippen molar-refractivity contribution in [3.05, 3.63) is 64.1 Å². The number of para-hydroxylation sites is 1. The normalized spacial score (nSPS) is 14.9. The van der Waals surface area contributed by atoms with Crippen molar-refractivity contribution in [3.63, 3.8) is 0 Å². The third-order valence-electron chi connectivity index (χ3n) is 4.59. The minimum Gasteiger partial charge on any atom is -0.488 e. The predicted molar refractivity (Wildman–Crippen MR) is 103 cm³/mol. The first-order valence-corrected chi connectivity index (χ1v) is 9.39. The quantitative estimate of drug-likeness (QED) is 0.811. The van der Waals surface area contributed by atoms with Crippen molar-refractivity contribution in [1.82, 2.24) is 4.90 Å². The Kier molecular flexibility index (Phi) is 5.93. The van der Waals surface area contributed by atoms with Gasteiger partial charge in [0.2, 0.25) is 5.91 Å². The van der Waals surface area contributed by atoms with Gasteiger partial charge in [-0.3, -0.25) is 9.59 Å². The maximum Gasteiger partial charge on any atom is 0.257 e. The first kappa shape index (κ1) is 18.5. The summed E-state index contributed by atoms with van der Waals surface area (Å²) in [6, 6.07) is 15.1. The van der Waals surface area contributed by atoms with Crippen molar-refractivity contribution < 1.29 is 14.3 Å². The Morgan fingerprint density at radius 1 is 1.12 bits per heavy atom. The van der Waals surface area contributed by atoms with Crippen molar-refractivity contribution in [2.45, 2.75) is 19.4 Å². The lowest BCUT2D eigenvalue weighted by Crippen LogP contribution is -2.41. The minimum absolute atomic E-state index is 0.0715. The van der Waals surface area contributed by atoms with E-state index in [9.17, 15) is 9.59 Å². The molecule has 26 heavy (non-hydrogen) atoms. The number of hydrogen-bond donors (Lipinski definition) is 1. The topological polar surface area (TPSA) is 72.6 Å². The van der Waals surface area contributed by atoms with Crippen LogP contribution in [0.4, 0.5) is 0 Å². The molecule has 0 atom stereocenters. The van der Waals surface area contributed by atoms with E-state index >= 15 is 0 Å². The highest BCUT2D eigenvalue weighted by Crippen LogP contribution is 2.25. The number of rotatable bonds is 5. The molecule has 2 aromatic rings. The lowest BCUT2D eigenvalue weighted by Gasteiger charge is -2.31. The highest BCUT2D eigenvalue weighted by atomic mass is 79.9. The lowest BCUT2D eigenvalue weighted by molar-refractivity contribution is -0.123. The number of nitrogens with zero attached hydrogens (tertiary/aromatic N) is 1. The first-order valence-electron chi connectivity index (χ1n) is 8.59. The molecule has 1 aliphatic rings. The van der Waals surface area contributed by atoms with E-state index in [1.54, 1.807) is 17.0 Å². The number of likely N-dealkylation sites (tertiary alicyclic amines) is 1. The monoisotopic (exact) mass is 416 g/mol. The highest BCUT2D eigenvalue weighted by molar-refractivity contribution is 9.10. The molecule has 2 N–H and O–H groups in total. The lowest BCUT2D eigenvalue weighted by atomic mass is 9.96. The van der Waals surface area contributed by atoms with Crippen molar-refractivity contribution in [3.8, 4) is 5.75 Å². The smallest absolute Gasteiger partial charge is 0.257 e. The maximum absolute atomic E-state index is 12.9. The summed E-state index contributed by atoms with van der Waals surface area (Å²) in [5, 5.41) is 0. The molecule has 5 nitrogen and oxygen atoms in total. The van der Waals surface area contributed by atoms with Crippen molar-refractivity contribution >= 4 is 27.7 Å². The number of carbonyl (C=O) groups is 2. The average Bonchev–Trinajstić information content (AvgIpc) is 2.66. The van der Waals surface area contributed by atoms with Gasteiger partial charge in [0, 0.05) is 23.5 Å². The van der Waals surface area contributed by atoms with Crippen LogP contribution in [0.3, 0.4) is 0 Å². The Balaban J connectivity index is 1.68. The van der Waals surface area contributed by atoms with Gasteiger partial charge in [0.25, 0.3) is 5.91 Å². The van der Waals surface area contributed by atoms with E-state index in [1.165, 1.54) is 0 Å². The van der Waals surface area contributed by atoms with Gasteiger partial charge in [0.1, 0.15) is 12.4 Å². The summed E-state index contributed by atoms with van der Waals surface area (Å²) in [5.41, 5.74) is 6.92. The fraction of sp³-hybridized carbons (Fsp3) is 0.300. The van der Waals surface area contributed by atoms with Gasteiger partial charge < -0.3 is 15.4 Å². The van der Waals surface area contributed by atoms with E-state index in [4.69, 9.17) is 10.5 Å². The van der Waals surface area contributed by atoms with Crippen molar-refractivity contribution in [1.29, 1.82) is 0 Å². The summed E-state index contributed by atoms with van der Waals surface area (Å²) in [6.07, 6.45) is 1.23. The fourth-order valence-electron chi connectivity index (χ4n) is 3.09. The summed E-state index contributed by atoms with van der Waals surface area (Å²) in [5.74, 6) is 0.0733. The van der Waals surface area contributed by atoms with Crippen LogP contribution >= 0.6 is 15.9 Å². The first-order chi connectivity index (χ1) is 12.5. The van der Waals surface area contributed by atoms with E-state index in [1.807, 2.05) is 36.4 Å². The second-order valence-electron chi connectivity index (χ2n) is 6.38. The third-order valence-corrected chi connectivity index (χ3v) is 5.08. The Hall–Kier alpha value is -2.34. The van der Waals surface area contributed by atoms with Crippen molar-refractivity contribution in [2.24, 2.45) is 11.7 Å². The van der Waals surface area contributed by atoms with Crippen LogP contribution in [-0.4, -0.2) is 29.8 Å². The van der Waals surface area contributed by atoms with Crippen LogP contribution in [0.5, 0.6) is 5.75 Å². The molecule has 1 aliphatic heterocycles. The molecule has 1 fully saturated rings. The highest BCUT2D eigenvalue weighted by Gasteiger charge is 2.27. The molecular formula is C20H21BrN2O3. The summed E-state index contributed by atoms with van der Waals surface area (Å²) in [4.78, 5) is 25.9. The van der Waals surface area contributed by atoms with E-state index in [-0.39, 0.29) is 17.7 Å². The molecule has 6 heteroatoms. The molecule has 136 valence electrons.